The predicted octanol–water partition coefficient (Wildman–Crippen LogP) is 5.68. The first-order valence-electron chi connectivity index (χ1n) is 6.16. The Labute approximate surface area is 140 Å². The van der Waals surface area contributed by atoms with Crippen LogP contribution in [0.4, 0.5) is 0 Å². The van der Waals surface area contributed by atoms with Gasteiger partial charge in [-0.15, -0.1) is 11.8 Å². The number of carbonyl (C=O) groups excluding carboxylic acids is 1. The molecule has 0 N–H and O–H groups in total. The van der Waals surface area contributed by atoms with Crippen LogP contribution in [0, 0.1) is 0 Å². The molecule has 0 aliphatic rings. The number of alkyl halides is 1. The number of rotatable bonds is 5. The third-order valence-electron chi connectivity index (χ3n) is 2.86. The second-order valence-electron chi connectivity index (χ2n) is 4.53. The van der Waals surface area contributed by atoms with E-state index in [1.54, 1.807) is 11.8 Å². The first-order valence-corrected chi connectivity index (χ1v) is 8.73. The lowest BCUT2D eigenvalue weighted by Gasteiger charge is -2.20. The van der Waals surface area contributed by atoms with Crippen molar-refractivity contribution >= 4 is 49.4 Å². The van der Waals surface area contributed by atoms with Gasteiger partial charge in [0.15, 0.2) is 5.78 Å². The van der Waals surface area contributed by atoms with Crippen LogP contribution in [-0.2, 0) is 5.75 Å². The van der Waals surface area contributed by atoms with Gasteiger partial charge >= 0.3 is 0 Å². The molecule has 2 rings (SSSR count). The van der Waals surface area contributed by atoms with Gasteiger partial charge in [-0.25, -0.2) is 0 Å². The second-order valence-corrected chi connectivity index (χ2v) is 8.95. The quantitative estimate of drug-likeness (QED) is 0.463. The predicted molar refractivity (Wildman–Crippen MR) is 93.5 cm³/mol. The average molecular weight is 414 g/mol. The van der Waals surface area contributed by atoms with Gasteiger partial charge in [-0.2, -0.15) is 0 Å². The lowest BCUT2D eigenvalue weighted by Crippen LogP contribution is -2.24. The second kappa shape index (κ2) is 6.92. The molecular formula is C16H14Br2OS. The van der Waals surface area contributed by atoms with Gasteiger partial charge in [-0.05, 0) is 24.6 Å². The fourth-order valence-corrected chi connectivity index (χ4v) is 3.43. The molecule has 0 aliphatic carbocycles. The monoisotopic (exact) mass is 412 g/mol. The van der Waals surface area contributed by atoms with Crippen LogP contribution >= 0.6 is 43.6 Å². The Morgan fingerprint density at radius 3 is 2.30 bits per heavy atom. The van der Waals surface area contributed by atoms with Gasteiger partial charge in [0.25, 0.3) is 0 Å². The summed E-state index contributed by atoms with van der Waals surface area (Å²) in [5.41, 5.74) is 1.93. The van der Waals surface area contributed by atoms with Gasteiger partial charge < -0.3 is 0 Å². The SMILES string of the molecule is CC(Br)(SCc1ccccc1)C(=O)c1ccc(Br)cc1. The van der Waals surface area contributed by atoms with Gasteiger partial charge in [-0.3, -0.25) is 4.79 Å². The van der Waals surface area contributed by atoms with E-state index in [2.05, 4.69) is 44.0 Å². The number of carbonyl (C=O) groups is 1. The topological polar surface area (TPSA) is 17.1 Å². The molecule has 0 spiro atoms. The highest BCUT2D eigenvalue weighted by atomic mass is 79.9. The maximum atomic E-state index is 12.5. The molecule has 1 atom stereocenters. The summed E-state index contributed by atoms with van der Waals surface area (Å²) in [6.07, 6.45) is 0. The molecule has 1 unspecified atom stereocenters. The molecule has 0 aliphatic heterocycles. The number of hydrogen-bond donors (Lipinski definition) is 0. The van der Waals surface area contributed by atoms with E-state index in [0.717, 1.165) is 10.2 Å². The van der Waals surface area contributed by atoms with Crippen LogP contribution in [0.3, 0.4) is 0 Å². The minimum absolute atomic E-state index is 0.0888. The van der Waals surface area contributed by atoms with Crippen molar-refractivity contribution in [2.75, 3.05) is 0 Å². The van der Waals surface area contributed by atoms with Crippen molar-refractivity contribution in [3.63, 3.8) is 0 Å². The van der Waals surface area contributed by atoms with Crippen LogP contribution in [0.5, 0.6) is 0 Å². The maximum Gasteiger partial charge on any atom is 0.189 e. The van der Waals surface area contributed by atoms with Crippen molar-refractivity contribution in [3.05, 3.63) is 70.2 Å². The van der Waals surface area contributed by atoms with Crippen LogP contribution in [0.15, 0.2) is 59.1 Å². The van der Waals surface area contributed by atoms with Gasteiger partial charge in [0.1, 0.15) is 3.66 Å². The summed E-state index contributed by atoms with van der Waals surface area (Å²) >= 11 is 8.53. The molecule has 0 heterocycles. The Balaban J connectivity index is 2.05. The number of halogens is 2. The average Bonchev–Trinajstić information content (AvgIpc) is 2.46. The molecule has 0 fully saturated rings. The highest BCUT2D eigenvalue weighted by molar-refractivity contribution is 9.12. The minimum Gasteiger partial charge on any atom is -0.292 e. The van der Waals surface area contributed by atoms with Gasteiger partial charge in [0.2, 0.25) is 0 Å². The normalized spacial score (nSPS) is 13.8. The van der Waals surface area contributed by atoms with E-state index in [9.17, 15) is 4.79 Å². The van der Waals surface area contributed by atoms with Crippen molar-refractivity contribution in [1.29, 1.82) is 0 Å². The lowest BCUT2D eigenvalue weighted by atomic mass is 10.1. The summed E-state index contributed by atoms with van der Waals surface area (Å²) in [5, 5.41) is 0. The van der Waals surface area contributed by atoms with Crippen molar-refractivity contribution in [2.24, 2.45) is 0 Å². The zero-order valence-electron chi connectivity index (χ0n) is 11.0. The van der Waals surface area contributed by atoms with Crippen LogP contribution in [0.1, 0.15) is 22.8 Å². The Bertz CT molecular complexity index is 579. The lowest BCUT2D eigenvalue weighted by molar-refractivity contribution is 0.0986. The van der Waals surface area contributed by atoms with Crippen molar-refractivity contribution in [2.45, 2.75) is 16.3 Å². The van der Waals surface area contributed by atoms with Crippen molar-refractivity contribution < 1.29 is 4.79 Å². The third kappa shape index (κ3) is 4.21. The Kier molecular flexibility index (Phi) is 5.47. The third-order valence-corrected chi connectivity index (χ3v) is 5.65. The Morgan fingerprint density at radius 2 is 1.70 bits per heavy atom. The molecular weight excluding hydrogens is 400 g/mol. The fraction of sp³-hybridized carbons (Fsp3) is 0.188. The standard InChI is InChI=1S/C16H14Br2OS/c1-16(18,20-11-12-5-3-2-4-6-12)15(19)13-7-9-14(17)10-8-13/h2-10H,11H2,1H3. The van der Waals surface area contributed by atoms with E-state index in [-0.39, 0.29) is 5.78 Å². The summed E-state index contributed by atoms with van der Waals surface area (Å²) in [4.78, 5) is 12.5. The molecule has 1 nitrogen and oxygen atoms in total. The summed E-state index contributed by atoms with van der Waals surface area (Å²) < 4.78 is 0.360. The van der Waals surface area contributed by atoms with E-state index >= 15 is 0 Å². The first kappa shape index (κ1) is 15.8. The number of Topliss-reactive ketones (excluding diaryl/α,β-unsaturated/α-hetero) is 1. The number of thioether (sulfide) groups is 1. The summed E-state index contributed by atoms with van der Waals surface area (Å²) in [7, 11) is 0. The van der Waals surface area contributed by atoms with Crippen LogP contribution in [0.25, 0.3) is 0 Å². The van der Waals surface area contributed by atoms with E-state index in [1.165, 1.54) is 5.56 Å². The molecule has 0 amide bonds. The molecule has 4 heteroatoms. The molecule has 0 bridgehead atoms. The summed E-state index contributed by atoms with van der Waals surface area (Å²) in [6, 6.07) is 17.6. The molecule has 104 valence electrons. The molecule has 2 aromatic carbocycles. The van der Waals surface area contributed by atoms with Gasteiger partial charge in [0.05, 0.1) is 0 Å². The molecule has 0 aromatic heterocycles. The van der Waals surface area contributed by atoms with Crippen LogP contribution in [-0.4, -0.2) is 9.44 Å². The maximum absolute atomic E-state index is 12.5. The molecule has 0 radical (unpaired) electrons. The Hall–Kier alpha value is -0.580. The molecule has 0 saturated heterocycles. The van der Waals surface area contributed by atoms with Crippen molar-refractivity contribution in [1.82, 2.24) is 0 Å². The Morgan fingerprint density at radius 1 is 1.10 bits per heavy atom. The minimum atomic E-state index is -0.614. The number of hydrogen-bond acceptors (Lipinski definition) is 2. The summed E-state index contributed by atoms with van der Waals surface area (Å²) in [6.45, 7) is 1.91. The summed E-state index contributed by atoms with van der Waals surface area (Å²) in [5.74, 6) is 0.885. The van der Waals surface area contributed by atoms with Crippen LogP contribution < -0.4 is 0 Å². The highest BCUT2D eigenvalue weighted by Crippen LogP contribution is 2.37. The van der Waals surface area contributed by atoms with E-state index in [4.69, 9.17) is 0 Å². The van der Waals surface area contributed by atoms with E-state index < -0.39 is 3.66 Å². The van der Waals surface area contributed by atoms with E-state index in [1.807, 2.05) is 49.4 Å². The zero-order chi connectivity index (χ0) is 14.6. The van der Waals surface area contributed by atoms with Gasteiger partial charge in [-0.1, -0.05) is 74.3 Å². The fourth-order valence-electron chi connectivity index (χ4n) is 1.72. The largest absolute Gasteiger partial charge is 0.292 e. The number of ketones is 1. The van der Waals surface area contributed by atoms with Crippen molar-refractivity contribution in [3.8, 4) is 0 Å². The molecule has 0 saturated carbocycles. The molecule has 2 aromatic rings. The number of benzene rings is 2. The van der Waals surface area contributed by atoms with E-state index in [0.29, 0.717) is 5.56 Å². The smallest absolute Gasteiger partial charge is 0.189 e. The van der Waals surface area contributed by atoms with Crippen LogP contribution in [0.2, 0.25) is 0 Å². The zero-order valence-corrected chi connectivity index (χ0v) is 15.0. The molecule has 20 heavy (non-hydrogen) atoms. The van der Waals surface area contributed by atoms with Gasteiger partial charge in [0, 0.05) is 15.8 Å². The highest BCUT2D eigenvalue weighted by Gasteiger charge is 2.31. The first-order chi connectivity index (χ1) is 9.49.